The molecule has 0 aromatic heterocycles. The third kappa shape index (κ3) is 2.53. The molecule has 0 spiro atoms. The lowest BCUT2D eigenvalue weighted by atomic mass is 9.99. The second-order valence-corrected chi connectivity index (χ2v) is 4.18. The Labute approximate surface area is 86.9 Å². The predicted octanol–water partition coefficient (Wildman–Crippen LogP) is 2.14. The third-order valence-corrected chi connectivity index (χ3v) is 2.61. The molecule has 2 unspecified atom stereocenters. The van der Waals surface area contributed by atoms with Gasteiger partial charge in [0.05, 0.1) is 12.1 Å². The monoisotopic (exact) mass is 243 g/mol. The van der Waals surface area contributed by atoms with Crippen LogP contribution in [-0.2, 0) is 0 Å². The second kappa shape index (κ2) is 4.22. The highest BCUT2D eigenvalue weighted by molar-refractivity contribution is 9.10. The minimum absolute atomic E-state index is 0.308. The van der Waals surface area contributed by atoms with Crippen molar-refractivity contribution in [2.75, 3.05) is 0 Å². The standard InChI is InChI=1S/C10H14BrNO/c1-6-3-4-8(11)5-9(6)10(12)7(2)13/h3-5,7,10,13H,12H2,1-2H3. The van der Waals surface area contributed by atoms with Crippen LogP contribution in [0.15, 0.2) is 22.7 Å². The van der Waals surface area contributed by atoms with Crippen molar-refractivity contribution in [3.63, 3.8) is 0 Å². The van der Waals surface area contributed by atoms with Crippen molar-refractivity contribution in [3.05, 3.63) is 33.8 Å². The predicted molar refractivity (Wildman–Crippen MR) is 57.5 cm³/mol. The molecule has 2 atom stereocenters. The third-order valence-electron chi connectivity index (χ3n) is 2.12. The van der Waals surface area contributed by atoms with Gasteiger partial charge in [0, 0.05) is 4.47 Å². The summed E-state index contributed by atoms with van der Waals surface area (Å²) in [5.41, 5.74) is 7.93. The molecule has 0 saturated heterocycles. The van der Waals surface area contributed by atoms with Gasteiger partial charge in [-0.25, -0.2) is 0 Å². The molecule has 2 nitrogen and oxygen atoms in total. The maximum Gasteiger partial charge on any atom is 0.0704 e. The van der Waals surface area contributed by atoms with E-state index in [9.17, 15) is 5.11 Å². The smallest absolute Gasteiger partial charge is 0.0704 e. The first-order valence-corrected chi connectivity index (χ1v) is 5.01. The van der Waals surface area contributed by atoms with Crippen molar-refractivity contribution < 1.29 is 5.11 Å². The van der Waals surface area contributed by atoms with Crippen LogP contribution in [0.5, 0.6) is 0 Å². The van der Waals surface area contributed by atoms with Crippen LogP contribution in [-0.4, -0.2) is 11.2 Å². The van der Waals surface area contributed by atoms with E-state index in [1.807, 2.05) is 25.1 Å². The van der Waals surface area contributed by atoms with Gasteiger partial charge in [-0.1, -0.05) is 22.0 Å². The zero-order valence-corrected chi connectivity index (χ0v) is 9.38. The van der Waals surface area contributed by atoms with Crippen LogP contribution in [0.3, 0.4) is 0 Å². The number of hydrogen-bond donors (Lipinski definition) is 2. The normalized spacial score (nSPS) is 15.5. The Kier molecular flexibility index (Phi) is 3.47. The van der Waals surface area contributed by atoms with E-state index in [1.54, 1.807) is 6.92 Å². The topological polar surface area (TPSA) is 46.2 Å². The summed E-state index contributed by atoms with van der Waals surface area (Å²) in [6, 6.07) is 5.60. The molecule has 0 aliphatic carbocycles. The largest absolute Gasteiger partial charge is 0.391 e. The highest BCUT2D eigenvalue weighted by atomic mass is 79.9. The Morgan fingerprint density at radius 2 is 2.08 bits per heavy atom. The Hall–Kier alpha value is -0.380. The summed E-state index contributed by atoms with van der Waals surface area (Å²) < 4.78 is 0.990. The zero-order valence-electron chi connectivity index (χ0n) is 7.79. The Morgan fingerprint density at radius 3 is 2.62 bits per heavy atom. The highest BCUT2D eigenvalue weighted by Crippen LogP contribution is 2.22. The molecular formula is C10H14BrNO. The molecule has 0 heterocycles. The number of hydrogen-bond acceptors (Lipinski definition) is 2. The van der Waals surface area contributed by atoms with Crippen molar-refractivity contribution in [2.45, 2.75) is 26.0 Å². The van der Waals surface area contributed by atoms with Crippen LogP contribution in [0.1, 0.15) is 24.1 Å². The van der Waals surface area contributed by atoms with E-state index < -0.39 is 6.10 Å². The van der Waals surface area contributed by atoms with Gasteiger partial charge in [-0.15, -0.1) is 0 Å². The molecule has 0 bridgehead atoms. The molecule has 0 saturated carbocycles. The van der Waals surface area contributed by atoms with E-state index in [0.717, 1.165) is 15.6 Å². The first-order chi connectivity index (χ1) is 6.02. The van der Waals surface area contributed by atoms with E-state index in [4.69, 9.17) is 5.73 Å². The Balaban J connectivity index is 3.05. The van der Waals surface area contributed by atoms with Gasteiger partial charge < -0.3 is 10.8 Å². The molecule has 13 heavy (non-hydrogen) atoms. The molecule has 1 aromatic rings. The lowest BCUT2D eigenvalue weighted by molar-refractivity contribution is 0.164. The Morgan fingerprint density at radius 1 is 1.46 bits per heavy atom. The molecule has 0 aliphatic rings. The van der Waals surface area contributed by atoms with Gasteiger partial charge in [-0.2, -0.15) is 0 Å². The number of rotatable bonds is 2. The summed E-state index contributed by atoms with van der Waals surface area (Å²) in [6.07, 6.45) is -0.520. The van der Waals surface area contributed by atoms with Gasteiger partial charge in [-0.3, -0.25) is 0 Å². The average molecular weight is 244 g/mol. The summed E-state index contributed by atoms with van der Waals surface area (Å²) in [5.74, 6) is 0. The van der Waals surface area contributed by atoms with Gasteiger partial charge >= 0.3 is 0 Å². The van der Waals surface area contributed by atoms with E-state index in [-0.39, 0.29) is 6.04 Å². The summed E-state index contributed by atoms with van der Waals surface area (Å²) in [5, 5.41) is 9.35. The first-order valence-electron chi connectivity index (χ1n) is 4.22. The van der Waals surface area contributed by atoms with Gasteiger partial charge in [0.15, 0.2) is 0 Å². The summed E-state index contributed by atoms with van der Waals surface area (Å²) in [6.45, 7) is 3.69. The van der Waals surface area contributed by atoms with Crippen LogP contribution in [0.2, 0.25) is 0 Å². The van der Waals surface area contributed by atoms with Crippen LogP contribution >= 0.6 is 15.9 Å². The number of nitrogens with two attached hydrogens (primary N) is 1. The molecule has 3 heteroatoms. The average Bonchev–Trinajstić information content (AvgIpc) is 2.08. The number of halogens is 1. The van der Waals surface area contributed by atoms with Crippen molar-refractivity contribution in [2.24, 2.45) is 5.73 Å². The van der Waals surface area contributed by atoms with E-state index >= 15 is 0 Å². The number of aliphatic hydroxyl groups is 1. The fraction of sp³-hybridized carbons (Fsp3) is 0.400. The minimum atomic E-state index is -0.520. The molecule has 3 N–H and O–H groups in total. The molecule has 0 fully saturated rings. The van der Waals surface area contributed by atoms with Crippen LogP contribution < -0.4 is 5.73 Å². The highest BCUT2D eigenvalue weighted by Gasteiger charge is 2.14. The number of aryl methyl sites for hydroxylation is 1. The molecule has 0 aliphatic heterocycles. The molecule has 72 valence electrons. The summed E-state index contributed by atoms with van der Waals surface area (Å²) in [7, 11) is 0. The maximum atomic E-state index is 9.35. The molecular weight excluding hydrogens is 230 g/mol. The minimum Gasteiger partial charge on any atom is -0.391 e. The van der Waals surface area contributed by atoms with Crippen molar-refractivity contribution in [1.29, 1.82) is 0 Å². The van der Waals surface area contributed by atoms with Crippen molar-refractivity contribution in [1.82, 2.24) is 0 Å². The fourth-order valence-corrected chi connectivity index (χ4v) is 1.61. The van der Waals surface area contributed by atoms with E-state index in [1.165, 1.54) is 0 Å². The SMILES string of the molecule is Cc1ccc(Br)cc1C(N)C(C)O. The van der Waals surface area contributed by atoms with E-state index in [0.29, 0.717) is 0 Å². The first kappa shape index (κ1) is 10.7. The number of aliphatic hydroxyl groups excluding tert-OH is 1. The Bertz CT molecular complexity index is 299. The van der Waals surface area contributed by atoms with Crippen LogP contribution in [0, 0.1) is 6.92 Å². The van der Waals surface area contributed by atoms with Gasteiger partial charge in [-0.05, 0) is 37.1 Å². The lowest BCUT2D eigenvalue weighted by Gasteiger charge is -2.17. The molecule has 1 aromatic carbocycles. The number of benzene rings is 1. The quantitative estimate of drug-likeness (QED) is 0.837. The lowest BCUT2D eigenvalue weighted by Crippen LogP contribution is -2.23. The zero-order chi connectivity index (χ0) is 10.0. The van der Waals surface area contributed by atoms with Crippen molar-refractivity contribution in [3.8, 4) is 0 Å². The molecule has 0 radical (unpaired) electrons. The molecule has 1 rings (SSSR count). The van der Waals surface area contributed by atoms with Crippen LogP contribution in [0.25, 0.3) is 0 Å². The van der Waals surface area contributed by atoms with Gasteiger partial charge in [0.1, 0.15) is 0 Å². The maximum absolute atomic E-state index is 9.35. The van der Waals surface area contributed by atoms with Gasteiger partial charge in [0.25, 0.3) is 0 Å². The van der Waals surface area contributed by atoms with Crippen LogP contribution in [0.4, 0.5) is 0 Å². The van der Waals surface area contributed by atoms with Crippen molar-refractivity contribution >= 4 is 15.9 Å². The summed E-state index contributed by atoms with van der Waals surface area (Å²) >= 11 is 3.38. The van der Waals surface area contributed by atoms with E-state index in [2.05, 4.69) is 15.9 Å². The fourth-order valence-electron chi connectivity index (χ4n) is 1.23. The van der Waals surface area contributed by atoms with Gasteiger partial charge in [0.2, 0.25) is 0 Å². The second-order valence-electron chi connectivity index (χ2n) is 3.27. The summed E-state index contributed by atoms with van der Waals surface area (Å²) in [4.78, 5) is 0. The molecule has 0 amide bonds.